The molecule has 0 spiro atoms. The molecule has 20 heavy (non-hydrogen) atoms. The maximum absolute atomic E-state index is 11.9. The number of nitrogens with one attached hydrogen (secondary N) is 2. The highest BCUT2D eigenvalue weighted by atomic mass is 16.2. The van der Waals surface area contributed by atoms with Gasteiger partial charge in [0, 0.05) is 23.1 Å². The summed E-state index contributed by atoms with van der Waals surface area (Å²) in [6, 6.07) is 15.9. The van der Waals surface area contributed by atoms with Crippen LogP contribution in [0.1, 0.15) is 18.1 Å². The van der Waals surface area contributed by atoms with Crippen molar-refractivity contribution in [1.29, 1.82) is 0 Å². The third-order valence-corrected chi connectivity index (χ3v) is 3.46. The van der Waals surface area contributed by atoms with Crippen LogP contribution in [0.15, 0.2) is 54.7 Å². The molecule has 0 atom stereocenters. The van der Waals surface area contributed by atoms with Crippen molar-refractivity contribution in [1.82, 2.24) is 0 Å². The molecule has 1 aliphatic heterocycles. The number of anilines is 2. The molecule has 1 aliphatic rings. The van der Waals surface area contributed by atoms with Crippen LogP contribution in [0.3, 0.4) is 0 Å². The van der Waals surface area contributed by atoms with E-state index < -0.39 is 0 Å². The summed E-state index contributed by atoms with van der Waals surface area (Å²) < 4.78 is 0. The molecule has 100 valence electrons. The van der Waals surface area contributed by atoms with Gasteiger partial charge < -0.3 is 10.6 Å². The first kappa shape index (κ1) is 12.5. The van der Waals surface area contributed by atoms with Gasteiger partial charge in [0.2, 0.25) is 0 Å². The van der Waals surface area contributed by atoms with Gasteiger partial charge in [-0.15, -0.1) is 0 Å². The molecule has 0 aliphatic carbocycles. The largest absolute Gasteiger partial charge is 0.361 e. The van der Waals surface area contributed by atoms with Crippen LogP contribution in [0, 0.1) is 0 Å². The minimum atomic E-state index is -0.0659. The lowest BCUT2D eigenvalue weighted by molar-refractivity contribution is -0.110. The Morgan fingerprint density at radius 1 is 1.10 bits per heavy atom. The Hall–Kier alpha value is -2.55. The van der Waals surface area contributed by atoms with E-state index in [1.165, 1.54) is 5.56 Å². The smallest absolute Gasteiger partial charge is 0.257 e. The average Bonchev–Trinajstić information content (AvgIpc) is 2.81. The van der Waals surface area contributed by atoms with Crippen molar-refractivity contribution in [3.8, 4) is 0 Å². The van der Waals surface area contributed by atoms with Crippen LogP contribution in [0.2, 0.25) is 0 Å². The second-order valence-corrected chi connectivity index (χ2v) is 4.75. The fourth-order valence-electron chi connectivity index (χ4n) is 2.27. The summed E-state index contributed by atoms with van der Waals surface area (Å²) in [5.41, 5.74) is 4.75. The zero-order valence-electron chi connectivity index (χ0n) is 11.3. The maximum Gasteiger partial charge on any atom is 0.257 e. The summed E-state index contributed by atoms with van der Waals surface area (Å²) >= 11 is 0. The van der Waals surface area contributed by atoms with E-state index in [9.17, 15) is 4.79 Å². The molecule has 0 bridgehead atoms. The van der Waals surface area contributed by atoms with Gasteiger partial charge in [-0.1, -0.05) is 37.3 Å². The van der Waals surface area contributed by atoms with Crippen LogP contribution in [0.4, 0.5) is 11.4 Å². The summed E-state index contributed by atoms with van der Waals surface area (Å²) in [6.45, 7) is 2.13. The van der Waals surface area contributed by atoms with Crippen molar-refractivity contribution in [3.05, 3.63) is 65.9 Å². The van der Waals surface area contributed by atoms with E-state index in [0.29, 0.717) is 5.57 Å². The average molecular weight is 264 g/mol. The van der Waals surface area contributed by atoms with Gasteiger partial charge in [-0.25, -0.2) is 0 Å². The van der Waals surface area contributed by atoms with Gasteiger partial charge in [-0.05, 0) is 30.2 Å². The van der Waals surface area contributed by atoms with Crippen molar-refractivity contribution in [2.45, 2.75) is 13.3 Å². The van der Waals surface area contributed by atoms with Crippen molar-refractivity contribution in [2.24, 2.45) is 0 Å². The standard InChI is InChI=1S/C17H16N2O/c1-2-12-7-9-13(10-8-12)18-11-15-14-5-3-4-6-16(14)19-17(15)20/h3-11,18H,2H2,1H3,(H,19,20). The zero-order chi connectivity index (χ0) is 13.9. The molecule has 0 fully saturated rings. The van der Waals surface area contributed by atoms with Crippen LogP contribution < -0.4 is 10.6 Å². The molecule has 0 radical (unpaired) electrons. The summed E-state index contributed by atoms with van der Waals surface area (Å²) in [5.74, 6) is -0.0659. The molecular weight excluding hydrogens is 248 g/mol. The Balaban J connectivity index is 1.83. The molecule has 3 heteroatoms. The van der Waals surface area contributed by atoms with E-state index in [4.69, 9.17) is 0 Å². The molecule has 2 aromatic rings. The van der Waals surface area contributed by atoms with Gasteiger partial charge in [-0.3, -0.25) is 4.79 Å². The Labute approximate surface area is 118 Å². The van der Waals surface area contributed by atoms with Crippen LogP contribution in [-0.4, -0.2) is 5.91 Å². The molecule has 1 amide bonds. The first-order valence-electron chi connectivity index (χ1n) is 6.74. The first-order chi connectivity index (χ1) is 9.78. The summed E-state index contributed by atoms with van der Waals surface area (Å²) in [5, 5.41) is 6.04. The molecule has 3 rings (SSSR count). The number of fused-ring (bicyclic) bond motifs is 1. The fourth-order valence-corrected chi connectivity index (χ4v) is 2.27. The van der Waals surface area contributed by atoms with E-state index in [0.717, 1.165) is 23.4 Å². The van der Waals surface area contributed by atoms with Gasteiger partial charge in [0.1, 0.15) is 0 Å². The van der Waals surface area contributed by atoms with Gasteiger partial charge in [-0.2, -0.15) is 0 Å². The van der Waals surface area contributed by atoms with Crippen molar-refractivity contribution in [3.63, 3.8) is 0 Å². The number of aryl methyl sites for hydroxylation is 1. The topological polar surface area (TPSA) is 41.1 Å². The highest BCUT2D eigenvalue weighted by Gasteiger charge is 2.23. The van der Waals surface area contributed by atoms with Gasteiger partial charge in [0.15, 0.2) is 0 Å². The monoisotopic (exact) mass is 264 g/mol. The van der Waals surface area contributed by atoms with Crippen LogP contribution >= 0.6 is 0 Å². The number of carbonyl (C=O) groups is 1. The molecule has 2 N–H and O–H groups in total. The normalized spacial score (nSPS) is 15.1. The quantitative estimate of drug-likeness (QED) is 0.831. The molecule has 3 nitrogen and oxygen atoms in total. The molecule has 0 unspecified atom stereocenters. The lowest BCUT2D eigenvalue weighted by Gasteiger charge is -2.03. The number of rotatable bonds is 3. The van der Waals surface area contributed by atoms with E-state index >= 15 is 0 Å². The minimum Gasteiger partial charge on any atom is -0.361 e. The van der Waals surface area contributed by atoms with Crippen LogP contribution in [0.25, 0.3) is 5.57 Å². The van der Waals surface area contributed by atoms with Crippen molar-refractivity contribution in [2.75, 3.05) is 10.6 Å². The predicted octanol–water partition coefficient (Wildman–Crippen LogP) is 3.65. The summed E-state index contributed by atoms with van der Waals surface area (Å²) in [4.78, 5) is 11.9. The number of hydrogen-bond acceptors (Lipinski definition) is 2. The third-order valence-electron chi connectivity index (χ3n) is 3.46. The van der Waals surface area contributed by atoms with E-state index in [1.54, 1.807) is 6.20 Å². The highest BCUT2D eigenvalue weighted by Crippen LogP contribution is 2.31. The minimum absolute atomic E-state index is 0.0659. The van der Waals surface area contributed by atoms with Crippen LogP contribution in [-0.2, 0) is 11.2 Å². The van der Waals surface area contributed by atoms with Crippen LogP contribution in [0.5, 0.6) is 0 Å². The van der Waals surface area contributed by atoms with Crippen molar-refractivity contribution >= 4 is 22.9 Å². The molecular formula is C17H16N2O. The SMILES string of the molecule is CCc1ccc(NC=C2C(=O)Nc3ccccc32)cc1. The Bertz CT molecular complexity index is 672. The molecule has 0 saturated heterocycles. The third kappa shape index (κ3) is 2.30. The molecule has 0 saturated carbocycles. The Kier molecular flexibility index (Phi) is 3.25. The van der Waals surface area contributed by atoms with E-state index in [2.05, 4.69) is 29.7 Å². The van der Waals surface area contributed by atoms with E-state index in [-0.39, 0.29) is 5.91 Å². The Morgan fingerprint density at radius 3 is 2.60 bits per heavy atom. The highest BCUT2D eigenvalue weighted by molar-refractivity contribution is 6.31. The van der Waals surface area contributed by atoms with Gasteiger partial charge >= 0.3 is 0 Å². The first-order valence-corrected chi connectivity index (χ1v) is 6.74. The Morgan fingerprint density at radius 2 is 1.85 bits per heavy atom. The summed E-state index contributed by atoms with van der Waals surface area (Å²) in [6.07, 6.45) is 2.79. The van der Waals surface area contributed by atoms with Gasteiger partial charge in [0.05, 0.1) is 5.57 Å². The number of benzene rings is 2. The second-order valence-electron chi connectivity index (χ2n) is 4.75. The zero-order valence-corrected chi connectivity index (χ0v) is 11.3. The van der Waals surface area contributed by atoms with Crippen molar-refractivity contribution < 1.29 is 4.79 Å². The molecule has 0 aromatic heterocycles. The van der Waals surface area contributed by atoms with E-state index in [1.807, 2.05) is 36.4 Å². The number of carbonyl (C=O) groups excluding carboxylic acids is 1. The number of amides is 1. The maximum atomic E-state index is 11.9. The lowest BCUT2D eigenvalue weighted by atomic mass is 10.1. The van der Waals surface area contributed by atoms with Gasteiger partial charge in [0.25, 0.3) is 5.91 Å². The lowest BCUT2D eigenvalue weighted by Crippen LogP contribution is -2.05. The number of hydrogen-bond donors (Lipinski definition) is 2. The second kappa shape index (κ2) is 5.21. The molecule has 1 heterocycles. The fraction of sp³-hybridized carbons (Fsp3) is 0.118. The number of para-hydroxylation sites is 1. The molecule has 2 aromatic carbocycles. The summed E-state index contributed by atoms with van der Waals surface area (Å²) in [7, 11) is 0. The predicted molar refractivity (Wildman–Crippen MR) is 82.5 cm³/mol.